The van der Waals surface area contributed by atoms with Gasteiger partial charge in [0.1, 0.15) is 0 Å². The van der Waals surface area contributed by atoms with Gasteiger partial charge in [-0.15, -0.1) is 0 Å². The van der Waals surface area contributed by atoms with Crippen LogP contribution >= 0.6 is 0 Å². The van der Waals surface area contributed by atoms with Crippen LogP contribution in [0.3, 0.4) is 0 Å². The van der Waals surface area contributed by atoms with Gasteiger partial charge in [0, 0.05) is 56.3 Å². The smallest absolute Gasteiger partial charge is 0.387 e. The second-order valence-corrected chi connectivity index (χ2v) is 11.4. The Bertz CT molecular complexity index is 1270. The summed E-state index contributed by atoms with van der Waals surface area (Å²) in [6.45, 7) is 1.45. The Morgan fingerprint density at radius 2 is 1.74 bits per heavy atom. The first-order valence-electron chi connectivity index (χ1n) is 13.3. The second kappa shape index (κ2) is 10.8. The van der Waals surface area contributed by atoms with E-state index < -0.39 is 35.4 Å². The number of alkyl halides is 3. The van der Waals surface area contributed by atoms with Crippen molar-refractivity contribution in [3.05, 3.63) is 58.5 Å². The quantitative estimate of drug-likeness (QED) is 0.584. The van der Waals surface area contributed by atoms with E-state index in [4.69, 9.17) is 0 Å². The second-order valence-electron chi connectivity index (χ2n) is 11.4. The van der Waals surface area contributed by atoms with Crippen molar-refractivity contribution in [2.75, 3.05) is 27.2 Å². The van der Waals surface area contributed by atoms with Crippen molar-refractivity contribution in [1.82, 2.24) is 14.4 Å². The van der Waals surface area contributed by atoms with Gasteiger partial charge >= 0.3 is 6.18 Å². The molecule has 1 saturated heterocycles. The Morgan fingerprint density at radius 3 is 2.33 bits per heavy atom. The summed E-state index contributed by atoms with van der Waals surface area (Å²) in [6.07, 6.45) is -1.18. The van der Waals surface area contributed by atoms with Crippen LogP contribution in [0.4, 0.5) is 13.2 Å². The van der Waals surface area contributed by atoms with Crippen molar-refractivity contribution >= 4 is 11.8 Å². The number of hydrogen-bond donors (Lipinski definition) is 1. The highest BCUT2D eigenvalue weighted by atomic mass is 19.4. The van der Waals surface area contributed by atoms with Crippen molar-refractivity contribution in [3.8, 4) is 11.1 Å². The summed E-state index contributed by atoms with van der Waals surface area (Å²) < 4.78 is 40.2. The van der Waals surface area contributed by atoms with Crippen LogP contribution in [0.5, 0.6) is 0 Å². The van der Waals surface area contributed by atoms with Crippen molar-refractivity contribution in [3.63, 3.8) is 0 Å². The largest absolute Gasteiger partial charge is 0.389 e. The molecule has 2 fully saturated rings. The maximum Gasteiger partial charge on any atom is 0.389 e. The highest BCUT2D eigenvalue weighted by Crippen LogP contribution is 2.52. The molecular formula is C29H36F3N3O4. The summed E-state index contributed by atoms with van der Waals surface area (Å²) in [5.41, 5.74) is -0.951. The Balaban J connectivity index is 1.67. The fraction of sp³-hybridized carbons (Fsp3) is 0.552. The lowest BCUT2D eigenvalue weighted by Crippen LogP contribution is -2.62. The number of aromatic nitrogens is 1. The Morgan fingerprint density at radius 1 is 1.10 bits per heavy atom. The van der Waals surface area contributed by atoms with Crippen LogP contribution in [0.1, 0.15) is 55.8 Å². The van der Waals surface area contributed by atoms with Crippen molar-refractivity contribution in [2.45, 2.75) is 63.8 Å². The van der Waals surface area contributed by atoms with Crippen molar-refractivity contribution < 1.29 is 27.9 Å². The van der Waals surface area contributed by atoms with Crippen LogP contribution in [0.2, 0.25) is 0 Å². The van der Waals surface area contributed by atoms with E-state index in [9.17, 15) is 32.7 Å². The highest BCUT2D eigenvalue weighted by molar-refractivity contribution is 6.00. The molecule has 1 aromatic carbocycles. The van der Waals surface area contributed by atoms with Crippen LogP contribution in [0, 0.1) is 11.3 Å². The van der Waals surface area contributed by atoms with Crippen LogP contribution in [0.15, 0.2) is 47.4 Å². The van der Waals surface area contributed by atoms with E-state index in [1.807, 2.05) is 30.3 Å². The van der Waals surface area contributed by atoms with E-state index in [1.165, 1.54) is 33.6 Å². The van der Waals surface area contributed by atoms with Gasteiger partial charge in [-0.1, -0.05) is 50.1 Å². The number of piperidine rings is 1. The summed E-state index contributed by atoms with van der Waals surface area (Å²) in [6, 6.07) is 10.5. The average Bonchev–Trinajstić information content (AvgIpc) is 3.35. The number of benzene rings is 1. The Hall–Kier alpha value is -3.14. The number of nitrogens with zero attached hydrogens (tertiary/aromatic N) is 3. The maximum absolute atomic E-state index is 13.3. The van der Waals surface area contributed by atoms with Crippen molar-refractivity contribution in [1.29, 1.82) is 0 Å². The predicted molar refractivity (Wildman–Crippen MR) is 141 cm³/mol. The van der Waals surface area contributed by atoms with Gasteiger partial charge in [-0.2, -0.15) is 13.2 Å². The summed E-state index contributed by atoms with van der Waals surface area (Å²) in [7, 11) is 3.25. The fourth-order valence-electron chi connectivity index (χ4n) is 6.28. The maximum atomic E-state index is 13.3. The zero-order chi connectivity index (χ0) is 28.6. The molecule has 2 aromatic rings. The van der Waals surface area contributed by atoms with Crippen molar-refractivity contribution in [2.24, 2.45) is 11.3 Å². The summed E-state index contributed by atoms with van der Waals surface area (Å²) in [5, 5.41) is 12.1. The van der Waals surface area contributed by atoms with Gasteiger partial charge in [0.05, 0.1) is 24.1 Å². The van der Waals surface area contributed by atoms with E-state index in [0.717, 1.165) is 18.4 Å². The number of pyridine rings is 1. The number of rotatable bonds is 6. The molecule has 1 aliphatic heterocycles. The van der Waals surface area contributed by atoms with Crippen LogP contribution in [-0.2, 0) is 11.3 Å². The van der Waals surface area contributed by atoms with Gasteiger partial charge in [-0.05, 0) is 24.8 Å². The Kier molecular flexibility index (Phi) is 7.98. The number of aliphatic hydroxyl groups is 1. The molecule has 4 rings (SSSR count). The third-order valence-corrected chi connectivity index (χ3v) is 8.39. The molecule has 7 nitrogen and oxygen atoms in total. The van der Waals surface area contributed by atoms with Crippen LogP contribution in [-0.4, -0.2) is 70.3 Å². The normalized spacial score (nSPS) is 21.7. The third kappa shape index (κ3) is 5.90. The first kappa shape index (κ1) is 28.9. The molecule has 2 unspecified atom stereocenters. The molecule has 1 N–H and O–H groups in total. The van der Waals surface area contributed by atoms with Gasteiger partial charge in [-0.3, -0.25) is 14.4 Å². The SMILES string of the molecule is CC(CC(F)(F)F)C(=O)N1CCC(O)(Cn2cc(C(=O)N(C)C)c(-c3ccccc3)cc2=O)C2(CCCC2)C1. The Labute approximate surface area is 226 Å². The molecule has 1 spiro atoms. The summed E-state index contributed by atoms with van der Waals surface area (Å²) >= 11 is 0. The van der Waals surface area contributed by atoms with E-state index in [0.29, 0.717) is 24.0 Å². The standard InChI is InChI=1S/C29H36F3N3O4/c1-20(16-29(30,31)32)25(37)34-14-13-28(39,27(18-34)11-7-8-12-27)19-35-17-23(26(38)33(2)3)22(15-24(35)36)21-9-5-4-6-10-21/h4-6,9-10,15,17,20,39H,7-8,11-14,16,18-19H2,1-3H3. The summed E-state index contributed by atoms with van der Waals surface area (Å²) in [5.74, 6) is -2.06. The minimum atomic E-state index is -4.44. The zero-order valence-electron chi connectivity index (χ0n) is 22.6. The van der Waals surface area contributed by atoms with E-state index in [2.05, 4.69) is 0 Å². The van der Waals surface area contributed by atoms with E-state index in [1.54, 1.807) is 14.1 Å². The average molecular weight is 548 g/mol. The third-order valence-electron chi connectivity index (χ3n) is 8.39. The number of likely N-dealkylation sites (tertiary alicyclic amines) is 1. The molecule has 10 heteroatoms. The molecule has 0 bridgehead atoms. The molecule has 2 heterocycles. The van der Waals surface area contributed by atoms with Gasteiger partial charge in [0.25, 0.3) is 11.5 Å². The molecule has 212 valence electrons. The molecule has 39 heavy (non-hydrogen) atoms. The lowest BCUT2D eigenvalue weighted by Gasteiger charge is -2.52. The summed E-state index contributed by atoms with van der Waals surface area (Å²) in [4.78, 5) is 42.3. The number of halogens is 3. The van der Waals surface area contributed by atoms with Gasteiger partial charge in [0.15, 0.2) is 0 Å². The molecule has 2 aliphatic rings. The molecule has 1 aliphatic carbocycles. The number of carbonyl (C=O) groups is 2. The highest BCUT2D eigenvalue weighted by Gasteiger charge is 2.56. The van der Waals surface area contributed by atoms with E-state index in [-0.39, 0.29) is 37.5 Å². The lowest BCUT2D eigenvalue weighted by atomic mass is 9.65. The number of carbonyl (C=O) groups excluding carboxylic acids is 2. The molecule has 1 aromatic heterocycles. The van der Waals surface area contributed by atoms with E-state index >= 15 is 0 Å². The zero-order valence-corrected chi connectivity index (χ0v) is 22.6. The first-order valence-corrected chi connectivity index (χ1v) is 13.3. The minimum Gasteiger partial charge on any atom is -0.387 e. The first-order chi connectivity index (χ1) is 18.3. The topological polar surface area (TPSA) is 82.8 Å². The fourth-order valence-corrected chi connectivity index (χ4v) is 6.28. The lowest BCUT2D eigenvalue weighted by molar-refractivity contribution is -0.172. The van der Waals surface area contributed by atoms with Gasteiger partial charge < -0.3 is 19.5 Å². The molecule has 2 atom stereocenters. The number of amides is 2. The molecular weight excluding hydrogens is 511 g/mol. The molecule has 0 radical (unpaired) electrons. The molecule has 1 saturated carbocycles. The predicted octanol–water partition coefficient (Wildman–Crippen LogP) is 4.33. The van der Waals surface area contributed by atoms with Crippen LogP contribution < -0.4 is 5.56 Å². The minimum absolute atomic E-state index is 0.0747. The monoisotopic (exact) mass is 547 g/mol. The van der Waals surface area contributed by atoms with Gasteiger partial charge in [-0.25, -0.2) is 0 Å². The van der Waals surface area contributed by atoms with Gasteiger partial charge in [0.2, 0.25) is 5.91 Å². The number of hydrogen-bond acceptors (Lipinski definition) is 4. The van der Waals surface area contributed by atoms with Crippen LogP contribution in [0.25, 0.3) is 11.1 Å². The molecule has 2 amide bonds.